The summed E-state index contributed by atoms with van der Waals surface area (Å²) in [6, 6.07) is 16.9. The summed E-state index contributed by atoms with van der Waals surface area (Å²) in [5.74, 6) is 1.14. The third kappa shape index (κ3) is 10.5. The fraction of sp³-hybridized carbons (Fsp3) is 0.455. The Morgan fingerprint density at radius 1 is 0.840 bits per heavy atom. The molecular formula is C22H32O3. The summed E-state index contributed by atoms with van der Waals surface area (Å²) in [5, 5.41) is 18.3. The molecule has 2 rings (SSSR count). The number of hydrogen-bond acceptors (Lipinski definition) is 3. The van der Waals surface area contributed by atoms with Crippen molar-refractivity contribution in [1.29, 1.82) is 0 Å². The van der Waals surface area contributed by atoms with Crippen molar-refractivity contribution in [3.63, 3.8) is 0 Å². The van der Waals surface area contributed by atoms with Gasteiger partial charge in [-0.05, 0) is 43.5 Å². The summed E-state index contributed by atoms with van der Waals surface area (Å²) in [5.41, 5.74) is 1.09. The summed E-state index contributed by atoms with van der Waals surface area (Å²) in [7, 11) is 0. The molecule has 2 aromatic carbocycles. The SMILES string of the molecule is CC(O)Oc1ccccc1.CCCCCCCCc1ccccc1O. The quantitative estimate of drug-likeness (QED) is 0.453. The molecule has 2 aromatic rings. The molecule has 25 heavy (non-hydrogen) atoms. The molecule has 0 spiro atoms. The molecule has 0 aliphatic rings. The van der Waals surface area contributed by atoms with Gasteiger partial charge in [0, 0.05) is 0 Å². The lowest BCUT2D eigenvalue weighted by Gasteiger charge is -2.06. The van der Waals surface area contributed by atoms with E-state index in [9.17, 15) is 5.11 Å². The van der Waals surface area contributed by atoms with E-state index >= 15 is 0 Å². The van der Waals surface area contributed by atoms with Crippen molar-refractivity contribution in [1.82, 2.24) is 0 Å². The van der Waals surface area contributed by atoms with Crippen LogP contribution in [0.15, 0.2) is 54.6 Å². The molecule has 0 bridgehead atoms. The van der Waals surface area contributed by atoms with Crippen LogP contribution >= 0.6 is 0 Å². The highest BCUT2D eigenvalue weighted by atomic mass is 16.6. The number of ether oxygens (including phenoxy) is 1. The van der Waals surface area contributed by atoms with Gasteiger partial charge in [0.2, 0.25) is 0 Å². The highest BCUT2D eigenvalue weighted by Gasteiger charge is 1.98. The minimum atomic E-state index is -0.734. The average Bonchev–Trinajstić information content (AvgIpc) is 2.60. The first-order valence-corrected chi connectivity index (χ1v) is 9.30. The Balaban J connectivity index is 0.000000271. The van der Waals surface area contributed by atoms with Gasteiger partial charge in [0.1, 0.15) is 11.5 Å². The largest absolute Gasteiger partial charge is 0.508 e. The average molecular weight is 344 g/mol. The van der Waals surface area contributed by atoms with Crippen molar-refractivity contribution >= 4 is 0 Å². The molecule has 0 amide bonds. The van der Waals surface area contributed by atoms with Gasteiger partial charge in [0.05, 0.1) is 0 Å². The molecule has 3 nitrogen and oxygen atoms in total. The fourth-order valence-corrected chi connectivity index (χ4v) is 2.51. The smallest absolute Gasteiger partial charge is 0.194 e. The lowest BCUT2D eigenvalue weighted by atomic mass is 10.0. The number of hydrogen-bond donors (Lipinski definition) is 2. The first-order chi connectivity index (χ1) is 12.1. The van der Waals surface area contributed by atoms with E-state index in [0.717, 1.165) is 12.0 Å². The van der Waals surface area contributed by atoms with Crippen molar-refractivity contribution in [2.24, 2.45) is 0 Å². The molecule has 0 saturated carbocycles. The van der Waals surface area contributed by atoms with E-state index in [0.29, 0.717) is 11.5 Å². The molecule has 138 valence electrons. The van der Waals surface area contributed by atoms with E-state index in [1.165, 1.54) is 38.5 Å². The van der Waals surface area contributed by atoms with Gasteiger partial charge in [-0.25, -0.2) is 0 Å². The number of benzene rings is 2. The number of aryl methyl sites for hydroxylation is 1. The number of unbranched alkanes of at least 4 members (excludes halogenated alkanes) is 5. The Morgan fingerprint density at radius 3 is 2.08 bits per heavy atom. The monoisotopic (exact) mass is 344 g/mol. The van der Waals surface area contributed by atoms with Gasteiger partial charge >= 0.3 is 0 Å². The molecule has 0 aromatic heterocycles. The number of aromatic hydroxyl groups is 1. The number of phenolic OH excluding ortho intramolecular Hbond substituents is 1. The summed E-state index contributed by atoms with van der Waals surface area (Å²) in [6.07, 6.45) is 8.12. The topological polar surface area (TPSA) is 49.7 Å². The number of phenols is 1. The van der Waals surface area contributed by atoms with E-state index in [4.69, 9.17) is 9.84 Å². The zero-order valence-corrected chi connectivity index (χ0v) is 15.5. The maximum atomic E-state index is 9.55. The third-order valence-corrected chi connectivity index (χ3v) is 3.84. The zero-order valence-electron chi connectivity index (χ0n) is 15.5. The molecule has 0 aliphatic carbocycles. The fourth-order valence-electron chi connectivity index (χ4n) is 2.51. The van der Waals surface area contributed by atoms with Crippen LogP contribution < -0.4 is 4.74 Å². The lowest BCUT2D eigenvalue weighted by Crippen LogP contribution is -2.08. The van der Waals surface area contributed by atoms with Gasteiger partial charge in [0.25, 0.3) is 0 Å². The molecular weight excluding hydrogens is 312 g/mol. The van der Waals surface area contributed by atoms with Gasteiger partial charge in [0.15, 0.2) is 6.29 Å². The molecule has 3 heteroatoms. The van der Waals surface area contributed by atoms with Crippen LogP contribution in [0.2, 0.25) is 0 Å². The Morgan fingerprint density at radius 2 is 1.44 bits per heavy atom. The normalized spacial score (nSPS) is 11.3. The maximum Gasteiger partial charge on any atom is 0.194 e. The molecule has 0 fully saturated rings. The van der Waals surface area contributed by atoms with E-state index in [1.54, 1.807) is 25.1 Å². The maximum absolute atomic E-state index is 9.55. The van der Waals surface area contributed by atoms with Gasteiger partial charge < -0.3 is 14.9 Å². The molecule has 0 saturated heterocycles. The van der Waals surface area contributed by atoms with Crippen LogP contribution in [-0.4, -0.2) is 16.5 Å². The van der Waals surface area contributed by atoms with Crippen LogP contribution in [-0.2, 0) is 6.42 Å². The number of aliphatic hydroxyl groups is 1. The second-order valence-corrected chi connectivity index (χ2v) is 6.18. The first-order valence-electron chi connectivity index (χ1n) is 9.30. The van der Waals surface area contributed by atoms with E-state index in [1.807, 2.05) is 36.4 Å². The number of rotatable bonds is 9. The van der Waals surface area contributed by atoms with Crippen LogP contribution in [0.25, 0.3) is 0 Å². The van der Waals surface area contributed by atoms with E-state index in [-0.39, 0.29) is 0 Å². The second-order valence-electron chi connectivity index (χ2n) is 6.18. The third-order valence-electron chi connectivity index (χ3n) is 3.84. The van der Waals surface area contributed by atoms with Gasteiger partial charge in [-0.2, -0.15) is 0 Å². The highest BCUT2D eigenvalue weighted by Crippen LogP contribution is 2.18. The summed E-state index contributed by atoms with van der Waals surface area (Å²) in [4.78, 5) is 0. The van der Waals surface area contributed by atoms with Crippen LogP contribution in [0, 0.1) is 0 Å². The Bertz CT molecular complexity index is 552. The molecule has 0 aliphatic heterocycles. The van der Waals surface area contributed by atoms with Gasteiger partial charge in [-0.1, -0.05) is 75.4 Å². The Hall–Kier alpha value is -2.00. The van der Waals surface area contributed by atoms with Crippen molar-refractivity contribution in [3.05, 3.63) is 60.2 Å². The molecule has 2 N–H and O–H groups in total. The van der Waals surface area contributed by atoms with Gasteiger partial charge in [-0.3, -0.25) is 0 Å². The Labute approximate surface area is 152 Å². The standard InChI is InChI=1S/C14H22O.C8H10O2/c1-2-3-4-5-6-7-10-13-11-8-9-12-14(13)15;1-7(9)10-8-5-3-2-4-6-8/h8-9,11-12,15H,2-7,10H2,1H3;2-7,9H,1H3. The van der Waals surface area contributed by atoms with Crippen molar-refractivity contribution in [3.8, 4) is 11.5 Å². The minimum absolute atomic E-state index is 0.450. The molecule has 1 unspecified atom stereocenters. The summed E-state index contributed by atoms with van der Waals surface area (Å²) in [6.45, 7) is 3.81. The van der Waals surface area contributed by atoms with Crippen LogP contribution in [0.3, 0.4) is 0 Å². The van der Waals surface area contributed by atoms with E-state index in [2.05, 4.69) is 6.92 Å². The predicted molar refractivity (Wildman–Crippen MR) is 104 cm³/mol. The van der Waals surface area contributed by atoms with Crippen molar-refractivity contribution in [2.45, 2.75) is 65.1 Å². The van der Waals surface area contributed by atoms with Crippen molar-refractivity contribution < 1.29 is 14.9 Å². The van der Waals surface area contributed by atoms with Gasteiger partial charge in [-0.15, -0.1) is 0 Å². The first kappa shape index (κ1) is 21.0. The minimum Gasteiger partial charge on any atom is -0.508 e. The van der Waals surface area contributed by atoms with Crippen LogP contribution in [0.1, 0.15) is 57.9 Å². The van der Waals surface area contributed by atoms with Crippen molar-refractivity contribution in [2.75, 3.05) is 0 Å². The number of aliphatic hydroxyl groups excluding tert-OH is 1. The molecule has 1 atom stereocenters. The molecule has 0 radical (unpaired) electrons. The van der Waals surface area contributed by atoms with Crippen LogP contribution in [0.5, 0.6) is 11.5 Å². The predicted octanol–water partition coefficient (Wildman–Crippen LogP) is 5.70. The summed E-state index contributed by atoms with van der Waals surface area (Å²) >= 11 is 0. The van der Waals surface area contributed by atoms with E-state index < -0.39 is 6.29 Å². The highest BCUT2D eigenvalue weighted by molar-refractivity contribution is 5.31. The lowest BCUT2D eigenvalue weighted by molar-refractivity contribution is -0.000289. The zero-order chi connectivity index (χ0) is 18.3. The molecule has 0 heterocycles. The number of para-hydroxylation sites is 2. The Kier molecular flexibility index (Phi) is 11.2. The van der Waals surface area contributed by atoms with Crippen LogP contribution in [0.4, 0.5) is 0 Å². The summed E-state index contributed by atoms with van der Waals surface area (Å²) < 4.78 is 4.97. The second kappa shape index (κ2) is 13.3.